The maximum absolute atomic E-state index is 5.78. The van der Waals surface area contributed by atoms with E-state index in [1.54, 1.807) is 0 Å². The number of ether oxygens (including phenoxy) is 1. The quantitative estimate of drug-likeness (QED) is 0.771. The number of rotatable bonds is 2. The normalized spacial score (nSPS) is 27.5. The summed E-state index contributed by atoms with van der Waals surface area (Å²) in [4.78, 5) is 4.02. The fourth-order valence-electron chi connectivity index (χ4n) is 1.96. The second kappa shape index (κ2) is 4.53. The molecular weight excluding hydrogens is 176 g/mol. The first-order valence-corrected chi connectivity index (χ1v) is 5.10. The first kappa shape index (κ1) is 9.62. The maximum Gasteiger partial charge on any atom is 0.0978 e. The Hall–Kier alpha value is -0.930. The monoisotopic (exact) mass is 192 g/mol. The first-order valence-electron chi connectivity index (χ1n) is 5.10. The van der Waals surface area contributed by atoms with Crippen LogP contribution in [0.25, 0.3) is 0 Å². The lowest BCUT2D eigenvalue weighted by atomic mass is 9.97. The van der Waals surface area contributed by atoms with Crippen molar-refractivity contribution in [2.45, 2.75) is 25.0 Å². The van der Waals surface area contributed by atoms with Crippen LogP contribution in [0.1, 0.15) is 24.5 Å². The average Bonchev–Trinajstić information content (AvgIpc) is 2.30. The summed E-state index contributed by atoms with van der Waals surface area (Å²) in [5.74, 6) is 0. The van der Waals surface area contributed by atoms with E-state index in [-0.39, 0.29) is 6.10 Å². The molecule has 2 atom stereocenters. The average molecular weight is 192 g/mol. The lowest BCUT2D eigenvalue weighted by Gasteiger charge is -2.31. The zero-order valence-electron chi connectivity index (χ0n) is 8.44. The summed E-state index contributed by atoms with van der Waals surface area (Å²) in [7, 11) is 1.99. The molecule has 76 valence electrons. The standard InChI is InChI=1S/C11H16N2O/c1-12-10-3-2-8-14-11(10)9-4-6-13-7-5-9/h4-7,10-12H,2-3,8H2,1H3. The lowest BCUT2D eigenvalue weighted by molar-refractivity contribution is -0.00858. The molecule has 0 spiro atoms. The van der Waals surface area contributed by atoms with Gasteiger partial charge in [0.25, 0.3) is 0 Å². The van der Waals surface area contributed by atoms with Crippen molar-refractivity contribution in [2.24, 2.45) is 0 Å². The van der Waals surface area contributed by atoms with E-state index >= 15 is 0 Å². The van der Waals surface area contributed by atoms with Crippen LogP contribution < -0.4 is 5.32 Å². The van der Waals surface area contributed by atoms with Gasteiger partial charge in [-0.15, -0.1) is 0 Å². The molecule has 0 amide bonds. The summed E-state index contributed by atoms with van der Waals surface area (Å²) in [6, 6.07) is 4.49. The molecule has 14 heavy (non-hydrogen) atoms. The predicted molar refractivity (Wildman–Crippen MR) is 55.0 cm³/mol. The third-order valence-corrected chi connectivity index (χ3v) is 2.73. The molecule has 3 heteroatoms. The van der Waals surface area contributed by atoms with E-state index in [4.69, 9.17) is 4.74 Å². The van der Waals surface area contributed by atoms with Gasteiger partial charge in [0.05, 0.1) is 6.10 Å². The Kier molecular flexibility index (Phi) is 3.11. The molecular formula is C11H16N2O. The molecule has 2 rings (SSSR count). The first-order chi connectivity index (χ1) is 6.92. The van der Waals surface area contributed by atoms with Crippen molar-refractivity contribution in [1.82, 2.24) is 10.3 Å². The van der Waals surface area contributed by atoms with E-state index in [2.05, 4.69) is 10.3 Å². The molecule has 0 bridgehead atoms. The topological polar surface area (TPSA) is 34.1 Å². The van der Waals surface area contributed by atoms with Gasteiger partial charge in [-0.3, -0.25) is 4.98 Å². The Morgan fingerprint density at radius 3 is 2.93 bits per heavy atom. The molecule has 1 aliphatic heterocycles. The predicted octanol–water partition coefficient (Wildman–Crippen LogP) is 1.52. The highest BCUT2D eigenvalue weighted by Gasteiger charge is 2.25. The van der Waals surface area contributed by atoms with Crippen LogP contribution in [0.3, 0.4) is 0 Å². The molecule has 1 aromatic heterocycles. The fraction of sp³-hybridized carbons (Fsp3) is 0.545. The zero-order chi connectivity index (χ0) is 9.80. The zero-order valence-corrected chi connectivity index (χ0v) is 8.44. The highest BCUT2D eigenvalue weighted by Crippen LogP contribution is 2.27. The van der Waals surface area contributed by atoms with Crippen LogP contribution in [0.4, 0.5) is 0 Å². The van der Waals surface area contributed by atoms with E-state index in [0.29, 0.717) is 6.04 Å². The van der Waals surface area contributed by atoms with Crippen LogP contribution >= 0.6 is 0 Å². The molecule has 1 aromatic rings. The van der Waals surface area contributed by atoms with Gasteiger partial charge < -0.3 is 10.1 Å². The molecule has 0 aliphatic carbocycles. The minimum atomic E-state index is 0.191. The Morgan fingerprint density at radius 1 is 1.43 bits per heavy atom. The highest BCUT2D eigenvalue weighted by atomic mass is 16.5. The smallest absolute Gasteiger partial charge is 0.0978 e. The third kappa shape index (κ3) is 1.94. The maximum atomic E-state index is 5.78. The van der Waals surface area contributed by atoms with Gasteiger partial charge in [0.1, 0.15) is 0 Å². The minimum Gasteiger partial charge on any atom is -0.372 e. The van der Waals surface area contributed by atoms with Gasteiger partial charge in [0.15, 0.2) is 0 Å². The van der Waals surface area contributed by atoms with E-state index in [0.717, 1.165) is 13.0 Å². The second-order valence-corrected chi connectivity index (χ2v) is 3.61. The van der Waals surface area contributed by atoms with Gasteiger partial charge in [-0.1, -0.05) is 0 Å². The van der Waals surface area contributed by atoms with Crippen LogP contribution in [0, 0.1) is 0 Å². The molecule has 0 saturated carbocycles. The minimum absolute atomic E-state index is 0.191. The number of hydrogen-bond donors (Lipinski definition) is 1. The van der Waals surface area contributed by atoms with Crippen LogP contribution in [0.15, 0.2) is 24.5 Å². The number of pyridine rings is 1. The molecule has 0 radical (unpaired) electrons. The van der Waals surface area contributed by atoms with Gasteiger partial charge in [0.2, 0.25) is 0 Å². The lowest BCUT2D eigenvalue weighted by Crippen LogP contribution is -2.37. The number of nitrogens with one attached hydrogen (secondary N) is 1. The Labute approximate surface area is 84.5 Å². The second-order valence-electron chi connectivity index (χ2n) is 3.61. The van der Waals surface area contributed by atoms with Crippen LogP contribution in [0.2, 0.25) is 0 Å². The fourth-order valence-corrected chi connectivity index (χ4v) is 1.96. The van der Waals surface area contributed by atoms with Crippen molar-refractivity contribution < 1.29 is 4.74 Å². The molecule has 1 fully saturated rings. The number of hydrogen-bond acceptors (Lipinski definition) is 3. The Balaban J connectivity index is 2.15. The third-order valence-electron chi connectivity index (χ3n) is 2.73. The van der Waals surface area contributed by atoms with Crippen LogP contribution in [-0.2, 0) is 4.74 Å². The van der Waals surface area contributed by atoms with E-state index in [9.17, 15) is 0 Å². The van der Waals surface area contributed by atoms with E-state index in [1.165, 1.54) is 12.0 Å². The number of likely N-dealkylation sites (N-methyl/N-ethyl adjacent to an activating group) is 1. The summed E-state index contributed by atoms with van der Waals surface area (Å²) in [6.07, 6.45) is 6.16. The van der Waals surface area contributed by atoms with Crippen molar-refractivity contribution >= 4 is 0 Å². The summed E-state index contributed by atoms with van der Waals surface area (Å²) < 4.78 is 5.78. The van der Waals surface area contributed by atoms with Crippen molar-refractivity contribution in [3.8, 4) is 0 Å². The van der Waals surface area contributed by atoms with E-state index < -0.39 is 0 Å². The molecule has 1 saturated heterocycles. The summed E-state index contributed by atoms with van der Waals surface area (Å²) >= 11 is 0. The van der Waals surface area contributed by atoms with Gasteiger partial charge in [-0.2, -0.15) is 0 Å². The summed E-state index contributed by atoms with van der Waals surface area (Å²) in [5.41, 5.74) is 1.22. The number of aromatic nitrogens is 1. The van der Waals surface area contributed by atoms with Crippen molar-refractivity contribution in [3.63, 3.8) is 0 Å². The van der Waals surface area contributed by atoms with Gasteiger partial charge in [0, 0.05) is 25.0 Å². The molecule has 3 nitrogen and oxygen atoms in total. The summed E-state index contributed by atoms with van der Waals surface area (Å²) in [6.45, 7) is 0.866. The van der Waals surface area contributed by atoms with Crippen molar-refractivity contribution in [1.29, 1.82) is 0 Å². The Bertz CT molecular complexity index is 276. The molecule has 2 heterocycles. The van der Waals surface area contributed by atoms with Gasteiger partial charge in [-0.25, -0.2) is 0 Å². The van der Waals surface area contributed by atoms with E-state index in [1.807, 2.05) is 31.6 Å². The Morgan fingerprint density at radius 2 is 2.21 bits per heavy atom. The van der Waals surface area contributed by atoms with Gasteiger partial charge >= 0.3 is 0 Å². The molecule has 2 unspecified atom stereocenters. The van der Waals surface area contributed by atoms with Crippen LogP contribution in [-0.4, -0.2) is 24.7 Å². The van der Waals surface area contributed by atoms with Crippen LogP contribution in [0.5, 0.6) is 0 Å². The molecule has 1 N–H and O–H groups in total. The molecule has 1 aliphatic rings. The largest absolute Gasteiger partial charge is 0.372 e. The van der Waals surface area contributed by atoms with Crippen molar-refractivity contribution in [3.05, 3.63) is 30.1 Å². The number of nitrogens with zero attached hydrogens (tertiary/aromatic N) is 1. The SMILES string of the molecule is CNC1CCCOC1c1ccncc1. The van der Waals surface area contributed by atoms with Crippen molar-refractivity contribution in [2.75, 3.05) is 13.7 Å². The summed E-state index contributed by atoms with van der Waals surface area (Å²) in [5, 5.41) is 3.31. The van der Waals surface area contributed by atoms with Gasteiger partial charge in [-0.05, 0) is 37.6 Å². The highest BCUT2D eigenvalue weighted by molar-refractivity contribution is 5.16. The molecule has 0 aromatic carbocycles.